The standard InChI is InChI=1S/C13H17NS/c1-11(13-7-5-9-15-13)10-12-6-3-4-8-14(12)2/h5-7,9-10H,3-4,8H2,1-2H3/b11-10+. The van der Waals surface area contributed by atoms with Crippen molar-refractivity contribution in [2.75, 3.05) is 13.6 Å². The van der Waals surface area contributed by atoms with Crippen molar-refractivity contribution < 1.29 is 0 Å². The van der Waals surface area contributed by atoms with Gasteiger partial charge in [-0.25, -0.2) is 0 Å². The van der Waals surface area contributed by atoms with E-state index in [4.69, 9.17) is 0 Å². The van der Waals surface area contributed by atoms with E-state index in [1.165, 1.54) is 35.5 Å². The number of rotatable bonds is 2. The quantitative estimate of drug-likeness (QED) is 0.732. The van der Waals surface area contributed by atoms with Gasteiger partial charge in [0, 0.05) is 24.2 Å². The van der Waals surface area contributed by atoms with Crippen LogP contribution in [-0.4, -0.2) is 18.5 Å². The molecule has 0 N–H and O–H groups in total. The van der Waals surface area contributed by atoms with Crippen LogP contribution in [0.3, 0.4) is 0 Å². The summed E-state index contributed by atoms with van der Waals surface area (Å²) in [6.07, 6.45) is 7.13. The maximum atomic E-state index is 2.33. The molecule has 0 amide bonds. The molecular weight excluding hydrogens is 202 g/mol. The molecule has 0 aliphatic carbocycles. The summed E-state index contributed by atoms with van der Waals surface area (Å²) >= 11 is 1.81. The van der Waals surface area contributed by atoms with E-state index in [9.17, 15) is 0 Å². The molecule has 80 valence electrons. The van der Waals surface area contributed by atoms with E-state index >= 15 is 0 Å². The SMILES string of the molecule is C/C(=C\C1=CCCCN1C)c1cccs1. The monoisotopic (exact) mass is 219 g/mol. The lowest BCUT2D eigenvalue weighted by Gasteiger charge is -2.24. The summed E-state index contributed by atoms with van der Waals surface area (Å²) in [5.41, 5.74) is 2.73. The minimum Gasteiger partial charge on any atom is -0.375 e. The van der Waals surface area contributed by atoms with E-state index in [-0.39, 0.29) is 0 Å². The van der Waals surface area contributed by atoms with Gasteiger partial charge in [-0.2, -0.15) is 0 Å². The summed E-state index contributed by atoms with van der Waals surface area (Å²) < 4.78 is 0. The fourth-order valence-electron chi connectivity index (χ4n) is 1.83. The third kappa shape index (κ3) is 2.51. The number of nitrogens with zero attached hydrogens (tertiary/aromatic N) is 1. The van der Waals surface area contributed by atoms with E-state index in [2.05, 4.69) is 48.5 Å². The Balaban J connectivity index is 2.19. The van der Waals surface area contributed by atoms with Crippen LogP contribution in [0.15, 0.2) is 35.4 Å². The molecular formula is C13H17NS. The molecule has 2 heterocycles. The van der Waals surface area contributed by atoms with Crippen LogP contribution in [0.1, 0.15) is 24.6 Å². The third-order valence-corrected chi connectivity index (χ3v) is 3.77. The Morgan fingerprint density at radius 3 is 3.07 bits per heavy atom. The van der Waals surface area contributed by atoms with Crippen molar-refractivity contribution in [2.24, 2.45) is 0 Å². The van der Waals surface area contributed by atoms with Gasteiger partial charge in [0.25, 0.3) is 0 Å². The second-order valence-corrected chi connectivity index (χ2v) is 4.95. The van der Waals surface area contributed by atoms with Gasteiger partial charge >= 0.3 is 0 Å². The average Bonchev–Trinajstić information content (AvgIpc) is 2.74. The summed E-state index contributed by atoms with van der Waals surface area (Å²) in [6.45, 7) is 3.37. The molecule has 2 heteroatoms. The Bertz CT molecular complexity index is 373. The summed E-state index contributed by atoms with van der Waals surface area (Å²) in [5.74, 6) is 0. The van der Waals surface area contributed by atoms with Gasteiger partial charge in [0.1, 0.15) is 0 Å². The lowest BCUT2D eigenvalue weighted by Crippen LogP contribution is -2.21. The molecule has 2 rings (SSSR count). The van der Waals surface area contributed by atoms with Crippen LogP contribution >= 0.6 is 11.3 Å². The molecule has 0 atom stereocenters. The highest BCUT2D eigenvalue weighted by atomic mass is 32.1. The van der Waals surface area contributed by atoms with Crippen molar-refractivity contribution >= 4 is 16.9 Å². The van der Waals surface area contributed by atoms with Crippen molar-refractivity contribution in [3.8, 4) is 0 Å². The predicted molar refractivity (Wildman–Crippen MR) is 67.9 cm³/mol. The van der Waals surface area contributed by atoms with Gasteiger partial charge < -0.3 is 4.90 Å². The molecule has 1 nitrogen and oxygen atoms in total. The molecule has 0 bridgehead atoms. The van der Waals surface area contributed by atoms with E-state index in [1.54, 1.807) is 11.3 Å². The summed E-state index contributed by atoms with van der Waals surface area (Å²) in [7, 11) is 2.17. The minimum atomic E-state index is 1.18. The van der Waals surface area contributed by atoms with E-state index in [0.717, 1.165) is 0 Å². The second kappa shape index (κ2) is 4.67. The van der Waals surface area contributed by atoms with Crippen LogP contribution in [0.5, 0.6) is 0 Å². The molecule has 1 aliphatic heterocycles. The first kappa shape index (κ1) is 10.5. The number of likely N-dealkylation sites (N-methyl/N-ethyl adjacent to an activating group) is 1. The fraction of sp³-hybridized carbons (Fsp3) is 0.385. The van der Waals surface area contributed by atoms with Crippen LogP contribution in [-0.2, 0) is 0 Å². The number of thiophene rings is 1. The van der Waals surface area contributed by atoms with Crippen molar-refractivity contribution in [2.45, 2.75) is 19.8 Å². The van der Waals surface area contributed by atoms with Gasteiger partial charge in [0.15, 0.2) is 0 Å². The van der Waals surface area contributed by atoms with Crippen molar-refractivity contribution in [3.63, 3.8) is 0 Å². The van der Waals surface area contributed by atoms with Gasteiger partial charge in [-0.3, -0.25) is 0 Å². The van der Waals surface area contributed by atoms with Gasteiger partial charge in [-0.15, -0.1) is 11.3 Å². The van der Waals surface area contributed by atoms with Gasteiger partial charge in [-0.1, -0.05) is 12.1 Å². The zero-order valence-corrected chi connectivity index (χ0v) is 10.2. The molecule has 0 aromatic carbocycles. The fourth-order valence-corrected chi connectivity index (χ4v) is 2.53. The largest absolute Gasteiger partial charge is 0.375 e. The smallest absolute Gasteiger partial charge is 0.0326 e. The zero-order valence-electron chi connectivity index (χ0n) is 9.36. The third-order valence-electron chi connectivity index (χ3n) is 2.77. The molecule has 1 aliphatic rings. The first-order chi connectivity index (χ1) is 7.27. The first-order valence-electron chi connectivity index (χ1n) is 5.41. The molecule has 0 unspecified atom stereocenters. The molecule has 0 fully saturated rings. The Labute approximate surface area is 95.7 Å². The van der Waals surface area contributed by atoms with Crippen molar-refractivity contribution in [1.82, 2.24) is 4.90 Å². The van der Waals surface area contributed by atoms with Crippen LogP contribution in [0.4, 0.5) is 0 Å². The van der Waals surface area contributed by atoms with Crippen LogP contribution in [0.2, 0.25) is 0 Å². The Morgan fingerprint density at radius 1 is 1.53 bits per heavy atom. The van der Waals surface area contributed by atoms with Crippen LogP contribution in [0.25, 0.3) is 5.57 Å². The second-order valence-electron chi connectivity index (χ2n) is 4.00. The number of hydrogen-bond acceptors (Lipinski definition) is 2. The number of allylic oxidation sites excluding steroid dienone is 3. The topological polar surface area (TPSA) is 3.24 Å². The first-order valence-corrected chi connectivity index (χ1v) is 6.29. The molecule has 0 saturated heterocycles. The summed E-state index contributed by atoms with van der Waals surface area (Å²) in [6, 6.07) is 4.29. The maximum Gasteiger partial charge on any atom is 0.0326 e. The Morgan fingerprint density at radius 2 is 2.40 bits per heavy atom. The highest BCUT2D eigenvalue weighted by Crippen LogP contribution is 2.23. The molecule has 1 aromatic rings. The molecule has 1 aromatic heterocycles. The lowest BCUT2D eigenvalue weighted by molar-refractivity contribution is 0.401. The van der Waals surface area contributed by atoms with E-state index < -0.39 is 0 Å². The summed E-state index contributed by atoms with van der Waals surface area (Å²) in [4.78, 5) is 3.70. The van der Waals surface area contributed by atoms with Crippen molar-refractivity contribution in [1.29, 1.82) is 0 Å². The van der Waals surface area contributed by atoms with Crippen molar-refractivity contribution in [3.05, 3.63) is 40.2 Å². The van der Waals surface area contributed by atoms with Crippen LogP contribution < -0.4 is 0 Å². The normalized spacial score (nSPS) is 17.9. The maximum absolute atomic E-state index is 2.33. The highest BCUT2D eigenvalue weighted by molar-refractivity contribution is 7.11. The van der Waals surface area contributed by atoms with Crippen LogP contribution in [0, 0.1) is 0 Å². The number of hydrogen-bond donors (Lipinski definition) is 0. The predicted octanol–water partition coefficient (Wildman–Crippen LogP) is 3.76. The molecule has 0 radical (unpaired) electrons. The Hall–Kier alpha value is -1.02. The summed E-state index contributed by atoms with van der Waals surface area (Å²) in [5, 5.41) is 2.13. The van der Waals surface area contributed by atoms with Gasteiger partial charge in [-0.05, 0) is 42.9 Å². The average molecular weight is 219 g/mol. The van der Waals surface area contributed by atoms with Gasteiger partial charge in [0.05, 0.1) is 0 Å². The molecule has 0 spiro atoms. The van der Waals surface area contributed by atoms with E-state index in [0.29, 0.717) is 0 Å². The highest BCUT2D eigenvalue weighted by Gasteiger charge is 2.07. The molecule has 0 saturated carbocycles. The van der Waals surface area contributed by atoms with E-state index in [1.807, 2.05) is 0 Å². The minimum absolute atomic E-state index is 1.18. The Kier molecular flexibility index (Phi) is 3.27. The zero-order chi connectivity index (χ0) is 10.7. The molecule has 15 heavy (non-hydrogen) atoms. The van der Waals surface area contributed by atoms with Gasteiger partial charge in [0.2, 0.25) is 0 Å². The lowest BCUT2D eigenvalue weighted by atomic mass is 10.1.